The Morgan fingerprint density at radius 1 is 0.478 bits per heavy atom. The van der Waals surface area contributed by atoms with Gasteiger partial charge in [-0.05, 0) is 0 Å². The third-order valence-electron chi connectivity index (χ3n) is 2.32. The second-order valence-corrected chi connectivity index (χ2v) is 3.76. The summed E-state index contributed by atoms with van der Waals surface area (Å²) in [6, 6.07) is 0. The number of halogens is 14. The monoisotopic (exact) mass is 378 g/mol. The minimum atomic E-state index is -7.57. The van der Waals surface area contributed by atoms with Crippen molar-refractivity contribution in [3.63, 3.8) is 0 Å². The Morgan fingerprint density at radius 2 is 0.652 bits per heavy atom. The summed E-state index contributed by atoms with van der Waals surface area (Å²) in [5.74, 6) is 0. The molecule has 0 unspecified atom stereocenters. The summed E-state index contributed by atoms with van der Waals surface area (Å²) in [7, 11) is 0. The Labute approximate surface area is 115 Å². The van der Waals surface area contributed by atoms with E-state index >= 15 is 0 Å². The average Bonchev–Trinajstić information content (AvgIpc) is 2.22. The molecular formula is C7F14N2. The van der Waals surface area contributed by atoms with E-state index in [1.54, 1.807) is 0 Å². The van der Waals surface area contributed by atoms with E-state index in [1.165, 1.54) is 0 Å². The van der Waals surface area contributed by atoms with Crippen LogP contribution in [0.25, 0.3) is 5.53 Å². The van der Waals surface area contributed by atoms with Gasteiger partial charge in [-0.3, -0.25) is 0 Å². The molecular weight excluding hydrogens is 378 g/mol. The fraction of sp³-hybridized carbons (Fsp3) is 0.857. The highest BCUT2D eigenvalue weighted by Crippen LogP contribution is 2.55. The van der Waals surface area contributed by atoms with E-state index in [1.807, 2.05) is 0 Å². The zero-order chi connectivity index (χ0) is 19.3. The molecule has 0 atom stereocenters. The summed E-state index contributed by atoms with van der Waals surface area (Å²) >= 11 is 0. The average molecular weight is 378 g/mol. The van der Waals surface area contributed by atoms with Gasteiger partial charge in [0.25, 0.3) is 0 Å². The molecule has 16 heteroatoms. The summed E-state index contributed by atoms with van der Waals surface area (Å²) in [6.45, 7) is 0. The molecule has 0 aliphatic carbocycles. The molecule has 0 aliphatic rings. The molecule has 0 aromatic heterocycles. The molecule has 23 heavy (non-hydrogen) atoms. The van der Waals surface area contributed by atoms with Crippen LogP contribution >= 0.6 is 0 Å². The highest BCUT2D eigenvalue weighted by molar-refractivity contribution is 5.98. The zero-order valence-corrected chi connectivity index (χ0v) is 9.69. The van der Waals surface area contributed by atoms with Crippen LogP contribution in [-0.2, 0) is 0 Å². The number of rotatable bonds is 2. The first-order valence-corrected chi connectivity index (χ1v) is 4.57. The van der Waals surface area contributed by atoms with Crippen LogP contribution in [0.1, 0.15) is 0 Å². The highest BCUT2D eigenvalue weighted by atomic mass is 19.4. The fourth-order valence-electron chi connectivity index (χ4n) is 1.23. The minimum Gasteiger partial charge on any atom is -0.361 e. The Balaban J connectivity index is 7.00. The van der Waals surface area contributed by atoms with Crippen LogP contribution in [0.4, 0.5) is 61.5 Å². The Bertz CT molecular complexity index is 429. The first-order chi connectivity index (χ1) is 9.69. The predicted octanol–water partition coefficient (Wildman–Crippen LogP) is 4.32. The molecule has 0 amide bonds. The van der Waals surface area contributed by atoms with E-state index in [9.17, 15) is 61.5 Å². The van der Waals surface area contributed by atoms with E-state index in [0.717, 1.165) is 0 Å². The van der Waals surface area contributed by atoms with Gasteiger partial charge in [0.15, 0.2) is 0 Å². The molecule has 0 radical (unpaired) electrons. The maximum absolute atomic E-state index is 13.2. The summed E-state index contributed by atoms with van der Waals surface area (Å²) in [5.41, 5.74) is -12.3. The van der Waals surface area contributed by atoms with Crippen molar-refractivity contribution >= 4 is 5.71 Å². The van der Waals surface area contributed by atoms with Gasteiger partial charge in [-0.1, -0.05) is 0 Å². The van der Waals surface area contributed by atoms with Crippen LogP contribution in [-0.4, -0.2) is 46.5 Å². The van der Waals surface area contributed by atoms with Crippen LogP contribution in [0.15, 0.2) is 0 Å². The lowest BCUT2D eigenvalue weighted by Gasteiger charge is -2.33. The molecule has 0 aliphatic heterocycles. The van der Waals surface area contributed by atoms with Crippen LogP contribution < -0.4 is 0 Å². The number of hydrogen-bond donors (Lipinski definition) is 0. The topological polar surface area (TPSA) is 36.4 Å². The zero-order valence-electron chi connectivity index (χ0n) is 9.69. The second kappa shape index (κ2) is 5.21. The van der Waals surface area contributed by atoms with Crippen molar-refractivity contribution in [1.29, 1.82) is 0 Å². The molecule has 0 saturated carbocycles. The largest absolute Gasteiger partial charge is 0.443 e. The van der Waals surface area contributed by atoms with Crippen molar-refractivity contribution < 1.29 is 66.3 Å². The van der Waals surface area contributed by atoms with E-state index in [2.05, 4.69) is 0 Å². The van der Waals surface area contributed by atoms with E-state index in [-0.39, 0.29) is 0 Å². The van der Waals surface area contributed by atoms with Crippen molar-refractivity contribution in [2.75, 3.05) is 0 Å². The highest BCUT2D eigenvalue weighted by Gasteiger charge is 2.92. The number of alkyl halides is 14. The lowest BCUT2D eigenvalue weighted by molar-refractivity contribution is -0.351. The number of nitrogens with zero attached hydrogens (tertiary/aromatic N) is 2. The second-order valence-electron chi connectivity index (χ2n) is 3.76. The minimum absolute atomic E-state index is 0.385. The molecule has 0 fully saturated rings. The van der Waals surface area contributed by atoms with Gasteiger partial charge in [0.2, 0.25) is 0 Å². The number of hydrogen-bond acceptors (Lipinski definition) is 0. The van der Waals surface area contributed by atoms with E-state index in [0.29, 0.717) is 4.79 Å². The Kier molecular flexibility index (Phi) is 4.84. The summed E-state index contributed by atoms with van der Waals surface area (Å²) < 4.78 is 172. The maximum Gasteiger partial charge on any atom is 0.443 e. The van der Waals surface area contributed by atoms with E-state index in [4.69, 9.17) is 5.53 Å². The third-order valence-corrected chi connectivity index (χ3v) is 2.32. The lowest BCUT2D eigenvalue weighted by atomic mass is 9.84. The first kappa shape index (κ1) is 21.4. The van der Waals surface area contributed by atoms with Crippen LogP contribution in [0.3, 0.4) is 0 Å². The van der Waals surface area contributed by atoms with Crippen molar-refractivity contribution in [2.45, 2.75) is 36.0 Å². The van der Waals surface area contributed by atoms with E-state index < -0.39 is 41.8 Å². The molecule has 0 heterocycles. The molecule has 0 saturated heterocycles. The predicted molar refractivity (Wildman–Crippen MR) is 40.5 cm³/mol. The molecule has 2 nitrogen and oxygen atoms in total. The normalized spacial score (nSPS) is 15.4. The Hall–Kier alpha value is -1.60. The standard InChI is InChI=1S/C7F14N2/c8-2(4(10,11)12,5(13,14)15)1(23-22)3(9,6(16,17)18)7(19,20)21. The Morgan fingerprint density at radius 3 is 0.739 bits per heavy atom. The molecule has 136 valence electrons. The molecule has 0 rings (SSSR count). The van der Waals surface area contributed by atoms with Gasteiger partial charge in [-0.15, -0.1) is 0 Å². The van der Waals surface area contributed by atoms with Crippen molar-refractivity contribution in [2.24, 2.45) is 0 Å². The molecule has 0 N–H and O–H groups in total. The van der Waals surface area contributed by atoms with Crippen LogP contribution in [0.2, 0.25) is 0 Å². The van der Waals surface area contributed by atoms with Gasteiger partial charge in [0.05, 0.1) is 0 Å². The molecule has 0 bridgehead atoms. The van der Waals surface area contributed by atoms with Gasteiger partial charge < -0.3 is 5.53 Å². The van der Waals surface area contributed by atoms with Gasteiger partial charge in [-0.2, -0.15) is 57.5 Å². The maximum atomic E-state index is 13.2. The van der Waals surface area contributed by atoms with Gasteiger partial charge in [0.1, 0.15) is 0 Å². The van der Waals surface area contributed by atoms with Gasteiger partial charge >= 0.3 is 41.8 Å². The lowest BCUT2D eigenvalue weighted by Crippen LogP contribution is -2.71. The summed E-state index contributed by atoms with van der Waals surface area (Å²) in [6.07, 6.45) is -30.3. The molecule has 0 spiro atoms. The van der Waals surface area contributed by atoms with Crippen molar-refractivity contribution in [1.82, 2.24) is 0 Å². The smallest absolute Gasteiger partial charge is 0.361 e. The SMILES string of the molecule is [N-]=[N+]=C(C(F)(C(F)(F)F)C(F)(F)F)C(F)(C(F)(F)F)C(F)(F)F. The fourth-order valence-corrected chi connectivity index (χ4v) is 1.23. The summed E-state index contributed by atoms with van der Waals surface area (Å²) in [5, 5.41) is 0. The first-order valence-electron chi connectivity index (χ1n) is 4.57. The molecule has 0 aromatic rings. The van der Waals surface area contributed by atoms with Crippen molar-refractivity contribution in [3.8, 4) is 0 Å². The summed E-state index contributed by atoms with van der Waals surface area (Å²) in [4.78, 5) is 0.385. The van der Waals surface area contributed by atoms with Gasteiger partial charge in [-0.25, -0.2) is 8.78 Å². The third kappa shape index (κ3) is 2.95. The quantitative estimate of drug-likeness (QED) is 0.297. The van der Waals surface area contributed by atoms with Crippen molar-refractivity contribution in [3.05, 3.63) is 5.53 Å². The van der Waals surface area contributed by atoms with Crippen LogP contribution in [0.5, 0.6) is 0 Å². The van der Waals surface area contributed by atoms with Crippen LogP contribution in [0, 0.1) is 0 Å². The molecule has 0 aromatic carbocycles. The van der Waals surface area contributed by atoms with Gasteiger partial charge in [0, 0.05) is 0 Å².